The van der Waals surface area contributed by atoms with Crippen molar-refractivity contribution in [1.82, 2.24) is 4.98 Å². The van der Waals surface area contributed by atoms with Crippen LogP contribution in [0, 0.1) is 5.41 Å². The second-order valence-electron chi connectivity index (χ2n) is 5.05. The summed E-state index contributed by atoms with van der Waals surface area (Å²) in [6.07, 6.45) is 3.64. The molecule has 0 aliphatic heterocycles. The second kappa shape index (κ2) is 4.84. The van der Waals surface area contributed by atoms with Crippen LogP contribution >= 0.6 is 11.6 Å². The fourth-order valence-electron chi connectivity index (χ4n) is 1.69. The quantitative estimate of drug-likeness (QED) is 0.736. The van der Waals surface area contributed by atoms with Crippen molar-refractivity contribution < 1.29 is 0 Å². The van der Waals surface area contributed by atoms with Crippen molar-refractivity contribution in [3.63, 3.8) is 0 Å². The van der Waals surface area contributed by atoms with Gasteiger partial charge in [0.05, 0.1) is 5.88 Å². The first-order valence-corrected chi connectivity index (χ1v) is 5.67. The second-order valence-corrected chi connectivity index (χ2v) is 5.32. The Bertz CT molecular complexity index is 318. The van der Waals surface area contributed by atoms with E-state index in [1.165, 1.54) is 5.69 Å². The van der Waals surface area contributed by atoms with E-state index in [1.807, 2.05) is 18.5 Å². The van der Waals surface area contributed by atoms with Gasteiger partial charge in [0.15, 0.2) is 0 Å². The van der Waals surface area contributed by atoms with E-state index in [4.69, 9.17) is 11.6 Å². The van der Waals surface area contributed by atoms with Crippen molar-refractivity contribution in [2.75, 3.05) is 18.5 Å². The standard InChI is InChI=1S/C12H19ClN2/c1-12(2,3)9-15(4)11-5-6-14-8-10(11)7-13/h5-6,8H,7,9H2,1-4H3. The van der Waals surface area contributed by atoms with E-state index < -0.39 is 0 Å². The molecule has 3 heteroatoms. The zero-order valence-corrected chi connectivity index (χ0v) is 10.7. The van der Waals surface area contributed by atoms with Crippen molar-refractivity contribution in [2.24, 2.45) is 5.41 Å². The van der Waals surface area contributed by atoms with Gasteiger partial charge in [0.1, 0.15) is 0 Å². The summed E-state index contributed by atoms with van der Waals surface area (Å²) in [5, 5.41) is 0. The largest absolute Gasteiger partial charge is 0.374 e. The van der Waals surface area contributed by atoms with E-state index in [2.05, 4.69) is 37.7 Å². The molecule has 1 heterocycles. The van der Waals surface area contributed by atoms with Gasteiger partial charge in [0.2, 0.25) is 0 Å². The van der Waals surface area contributed by atoms with Gasteiger partial charge in [-0.25, -0.2) is 0 Å². The van der Waals surface area contributed by atoms with Crippen LogP contribution in [-0.4, -0.2) is 18.6 Å². The molecule has 1 aromatic rings. The normalized spacial score (nSPS) is 11.5. The maximum atomic E-state index is 5.88. The third kappa shape index (κ3) is 3.71. The predicted octanol–water partition coefficient (Wildman–Crippen LogP) is 3.30. The van der Waals surface area contributed by atoms with Gasteiger partial charge in [-0.15, -0.1) is 11.6 Å². The van der Waals surface area contributed by atoms with Gasteiger partial charge < -0.3 is 4.90 Å². The van der Waals surface area contributed by atoms with Crippen LogP contribution in [0.1, 0.15) is 26.3 Å². The van der Waals surface area contributed by atoms with E-state index >= 15 is 0 Å². The molecule has 0 saturated carbocycles. The summed E-state index contributed by atoms with van der Waals surface area (Å²) in [4.78, 5) is 6.32. The zero-order chi connectivity index (χ0) is 11.5. The summed E-state index contributed by atoms with van der Waals surface area (Å²) < 4.78 is 0. The van der Waals surface area contributed by atoms with Crippen LogP contribution < -0.4 is 4.90 Å². The number of halogens is 1. The Balaban J connectivity index is 2.86. The van der Waals surface area contributed by atoms with Crippen molar-refractivity contribution in [3.05, 3.63) is 24.0 Å². The first kappa shape index (κ1) is 12.3. The van der Waals surface area contributed by atoms with E-state index in [0.717, 1.165) is 12.1 Å². The molecule has 0 N–H and O–H groups in total. The smallest absolute Gasteiger partial charge is 0.0509 e. The van der Waals surface area contributed by atoms with Gasteiger partial charge in [-0.05, 0) is 11.5 Å². The van der Waals surface area contributed by atoms with Gasteiger partial charge in [-0.2, -0.15) is 0 Å². The summed E-state index contributed by atoms with van der Waals surface area (Å²) in [7, 11) is 2.09. The summed E-state index contributed by atoms with van der Waals surface area (Å²) >= 11 is 5.88. The molecule has 0 atom stereocenters. The molecule has 1 aromatic heterocycles. The molecule has 0 saturated heterocycles. The molecule has 0 fully saturated rings. The van der Waals surface area contributed by atoms with Crippen molar-refractivity contribution in [2.45, 2.75) is 26.7 Å². The van der Waals surface area contributed by atoms with Crippen LogP contribution in [0.15, 0.2) is 18.5 Å². The monoisotopic (exact) mass is 226 g/mol. The number of rotatable bonds is 3. The number of nitrogens with zero attached hydrogens (tertiary/aromatic N) is 2. The molecule has 0 amide bonds. The van der Waals surface area contributed by atoms with Gasteiger partial charge in [0.25, 0.3) is 0 Å². The Kier molecular flexibility index (Phi) is 3.97. The van der Waals surface area contributed by atoms with Crippen LogP contribution in [0.2, 0.25) is 0 Å². The highest BCUT2D eigenvalue weighted by Crippen LogP contribution is 2.23. The van der Waals surface area contributed by atoms with E-state index in [0.29, 0.717) is 5.88 Å². The number of pyridine rings is 1. The first-order valence-electron chi connectivity index (χ1n) is 5.14. The molecule has 0 unspecified atom stereocenters. The third-order valence-electron chi connectivity index (χ3n) is 2.14. The van der Waals surface area contributed by atoms with Crippen LogP contribution in [0.3, 0.4) is 0 Å². The van der Waals surface area contributed by atoms with Crippen molar-refractivity contribution >= 4 is 17.3 Å². The summed E-state index contributed by atoms with van der Waals surface area (Å²) in [5.74, 6) is 0.512. The lowest BCUT2D eigenvalue weighted by Gasteiger charge is -2.29. The van der Waals surface area contributed by atoms with Gasteiger partial charge >= 0.3 is 0 Å². The van der Waals surface area contributed by atoms with E-state index in [9.17, 15) is 0 Å². The van der Waals surface area contributed by atoms with E-state index in [-0.39, 0.29) is 5.41 Å². The summed E-state index contributed by atoms with van der Waals surface area (Å²) in [5.41, 5.74) is 2.54. The lowest BCUT2D eigenvalue weighted by molar-refractivity contribution is 0.418. The molecule has 0 bridgehead atoms. The Hall–Kier alpha value is -0.760. The minimum absolute atomic E-state index is 0.279. The maximum absolute atomic E-state index is 5.88. The lowest BCUT2D eigenvalue weighted by Crippen LogP contribution is -2.29. The molecule has 0 radical (unpaired) electrons. The average molecular weight is 227 g/mol. The summed E-state index contributed by atoms with van der Waals surface area (Å²) in [6, 6.07) is 2.02. The number of anilines is 1. The number of hydrogen-bond donors (Lipinski definition) is 0. The molecule has 0 aromatic carbocycles. The predicted molar refractivity (Wildman–Crippen MR) is 66.5 cm³/mol. The fraction of sp³-hybridized carbons (Fsp3) is 0.583. The molecule has 0 aliphatic carbocycles. The van der Waals surface area contributed by atoms with Gasteiger partial charge in [0, 0.05) is 37.2 Å². The molecule has 15 heavy (non-hydrogen) atoms. The van der Waals surface area contributed by atoms with Crippen LogP contribution in [0.25, 0.3) is 0 Å². The molecule has 84 valence electrons. The molecule has 1 rings (SSSR count). The molecule has 0 spiro atoms. The third-order valence-corrected chi connectivity index (χ3v) is 2.43. The van der Waals surface area contributed by atoms with Crippen molar-refractivity contribution in [3.8, 4) is 0 Å². The maximum Gasteiger partial charge on any atom is 0.0509 e. The van der Waals surface area contributed by atoms with Gasteiger partial charge in [-0.1, -0.05) is 20.8 Å². The van der Waals surface area contributed by atoms with Crippen LogP contribution in [0.4, 0.5) is 5.69 Å². The lowest BCUT2D eigenvalue weighted by atomic mass is 9.96. The highest BCUT2D eigenvalue weighted by molar-refractivity contribution is 6.17. The highest BCUT2D eigenvalue weighted by Gasteiger charge is 2.15. The number of alkyl halides is 1. The van der Waals surface area contributed by atoms with Crippen LogP contribution in [-0.2, 0) is 5.88 Å². The Labute approximate surface area is 97.3 Å². The van der Waals surface area contributed by atoms with Gasteiger partial charge in [-0.3, -0.25) is 4.98 Å². The molecule has 2 nitrogen and oxygen atoms in total. The molecular weight excluding hydrogens is 208 g/mol. The first-order chi connectivity index (χ1) is 6.94. The van der Waals surface area contributed by atoms with Crippen LogP contribution in [0.5, 0.6) is 0 Å². The SMILES string of the molecule is CN(CC(C)(C)C)c1ccncc1CCl. The molecule has 0 aliphatic rings. The zero-order valence-electron chi connectivity index (χ0n) is 9.92. The highest BCUT2D eigenvalue weighted by atomic mass is 35.5. The Morgan fingerprint density at radius 3 is 2.60 bits per heavy atom. The number of hydrogen-bond acceptors (Lipinski definition) is 2. The fourth-order valence-corrected chi connectivity index (χ4v) is 1.90. The average Bonchev–Trinajstić information content (AvgIpc) is 2.15. The molecular formula is C12H19ClN2. The summed E-state index contributed by atoms with van der Waals surface area (Å²) in [6.45, 7) is 7.68. The Morgan fingerprint density at radius 1 is 1.40 bits per heavy atom. The number of aromatic nitrogens is 1. The van der Waals surface area contributed by atoms with E-state index in [1.54, 1.807) is 0 Å². The minimum atomic E-state index is 0.279. The minimum Gasteiger partial charge on any atom is -0.374 e. The topological polar surface area (TPSA) is 16.1 Å². The Morgan fingerprint density at radius 2 is 2.07 bits per heavy atom. The van der Waals surface area contributed by atoms with Crippen molar-refractivity contribution in [1.29, 1.82) is 0 Å².